The Bertz CT molecular complexity index is 421. The molecule has 0 amide bonds. The number of pyridine rings is 1. The summed E-state index contributed by atoms with van der Waals surface area (Å²) in [5, 5.41) is 3.43. The van der Waals surface area contributed by atoms with Crippen LogP contribution < -0.4 is 5.32 Å². The summed E-state index contributed by atoms with van der Waals surface area (Å²) in [5.74, 6) is 1.05. The van der Waals surface area contributed by atoms with Crippen LogP contribution in [0.5, 0.6) is 0 Å². The van der Waals surface area contributed by atoms with Crippen molar-refractivity contribution in [1.82, 2.24) is 14.8 Å². The number of likely N-dealkylation sites (N-methyl/N-ethyl adjacent to an activating group) is 2. The van der Waals surface area contributed by atoms with E-state index in [1.807, 2.05) is 12.3 Å². The van der Waals surface area contributed by atoms with Crippen LogP contribution in [0, 0.1) is 0 Å². The summed E-state index contributed by atoms with van der Waals surface area (Å²) < 4.78 is 0. The van der Waals surface area contributed by atoms with E-state index < -0.39 is 0 Å². The van der Waals surface area contributed by atoms with Gasteiger partial charge in [0.25, 0.3) is 0 Å². The fourth-order valence-electron chi connectivity index (χ4n) is 3.20. The first-order valence-electron chi connectivity index (χ1n) is 8.35. The molecule has 1 fully saturated rings. The van der Waals surface area contributed by atoms with Gasteiger partial charge in [-0.2, -0.15) is 0 Å². The molecule has 4 heteroatoms. The molecule has 2 heterocycles. The van der Waals surface area contributed by atoms with E-state index in [1.165, 1.54) is 31.5 Å². The van der Waals surface area contributed by atoms with Gasteiger partial charge in [0.15, 0.2) is 0 Å². The minimum absolute atomic E-state index is 0.726. The molecule has 1 aliphatic heterocycles. The van der Waals surface area contributed by atoms with Crippen LogP contribution in [0.15, 0.2) is 18.3 Å². The van der Waals surface area contributed by atoms with Gasteiger partial charge in [-0.25, -0.2) is 4.98 Å². The third kappa shape index (κ3) is 4.68. The van der Waals surface area contributed by atoms with Gasteiger partial charge in [-0.05, 0) is 45.5 Å². The van der Waals surface area contributed by atoms with Gasteiger partial charge < -0.3 is 10.2 Å². The highest BCUT2D eigenvalue weighted by Gasteiger charge is 2.24. The normalized spacial score (nSPS) is 19.3. The Hall–Kier alpha value is -1.13. The predicted octanol–water partition coefficient (Wildman–Crippen LogP) is 2.82. The van der Waals surface area contributed by atoms with E-state index in [4.69, 9.17) is 0 Å². The van der Waals surface area contributed by atoms with Crippen molar-refractivity contribution in [2.75, 3.05) is 38.5 Å². The van der Waals surface area contributed by atoms with Gasteiger partial charge in [0.05, 0.1) is 0 Å². The van der Waals surface area contributed by atoms with Crippen molar-refractivity contribution in [2.45, 2.75) is 45.7 Å². The number of aromatic nitrogens is 1. The van der Waals surface area contributed by atoms with Gasteiger partial charge in [0.2, 0.25) is 0 Å². The zero-order valence-electron chi connectivity index (χ0n) is 13.8. The number of likely N-dealkylation sites (tertiary alicyclic amines) is 1. The molecular weight excluding hydrogens is 260 g/mol. The maximum atomic E-state index is 4.48. The average molecular weight is 290 g/mol. The Morgan fingerprint density at radius 1 is 1.43 bits per heavy atom. The SMILES string of the molecule is CCCNc1ncccc1CN(C)CC1CCCN1CC. The largest absolute Gasteiger partial charge is 0.370 e. The van der Waals surface area contributed by atoms with Crippen LogP contribution in [-0.4, -0.2) is 54.1 Å². The topological polar surface area (TPSA) is 31.4 Å². The van der Waals surface area contributed by atoms with E-state index in [1.54, 1.807) is 0 Å². The van der Waals surface area contributed by atoms with Gasteiger partial charge in [-0.3, -0.25) is 4.90 Å². The molecule has 21 heavy (non-hydrogen) atoms. The van der Waals surface area contributed by atoms with Crippen molar-refractivity contribution in [2.24, 2.45) is 0 Å². The minimum atomic E-state index is 0.726. The van der Waals surface area contributed by atoms with Crippen LogP contribution in [0.2, 0.25) is 0 Å². The van der Waals surface area contributed by atoms with Crippen LogP contribution in [-0.2, 0) is 6.54 Å². The fourth-order valence-corrected chi connectivity index (χ4v) is 3.20. The summed E-state index contributed by atoms with van der Waals surface area (Å²) in [7, 11) is 2.22. The molecule has 0 aromatic carbocycles. The maximum absolute atomic E-state index is 4.48. The highest BCUT2D eigenvalue weighted by Crippen LogP contribution is 2.19. The molecule has 0 aliphatic carbocycles. The molecule has 1 aliphatic rings. The van der Waals surface area contributed by atoms with Gasteiger partial charge in [-0.1, -0.05) is 19.9 Å². The van der Waals surface area contributed by atoms with E-state index in [0.717, 1.165) is 37.9 Å². The molecule has 1 atom stereocenters. The lowest BCUT2D eigenvalue weighted by Gasteiger charge is -2.28. The van der Waals surface area contributed by atoms with E-state index in [2.05, 4.69) is 47.1 Å². The third-order valence-corrected chi connectivity index (χ3v) is 4.30. The Morgan fingerprint density at radius 3 is 3.05 bits per heavy atom. The molecule has 4 nitrogen and oxygen atoms in total. The Balaban J connectivity index is 1.91. The van der Waals surface area contributed by atoms with Gasteiger partial charge in [-0.15, -0.1) is 0 Å². The first-order valence-corrected chi connectivity index (χ1v) is 8.35. The summed E-state index contributed by atoms with van der Waals surface area (Å²) >= 11 is 0. The number of nitrogens with zero attached hydrogens (tertiary/aromatic N) is 3. The van der Waals surface area contributed by atoms with Gasteiger partial charge in [0.1, 0.15) is 5.82 Å². The summed E-state index contributed by atoms with van der Waals surface area (Å²) in [6, 6.07) is 4.95. The lowest BCUT2D eigenvalue weighted by Crippen LogP contribution is -2.38. The van der Waals surface area contributed by atoms with Crippen molar-refractivity contribution in [3.63, 3.8) is 0 Å². The number of rotatable bonds is 8. The zero-order chi connectivity index (χ0) is 15.1. The zero-order valence-corrected chi connectivity index (χ0v) is 13.8. The summed E-state index contributed by atoms with van der Waals surface area (Å²) in [5.41, 5.74) is 1.30. The lowest BCUT2D eigenvalue weighted by molar-refractivity contribution is 0.195. The molecular formula is C17H30N4. The number of hydrogen-bond donors (Lipinski definition) is 1. The molecule has 118 valence electrons. The smallest absolute Gasteiger partial charge is 0.130 e. The molecule has 0 saturated carbocycles. The molecule has 1 saturated heterocycles. The quantitative estimate of drug-likeness (QED) is 0.798. The molecule has 1 aromatic rings. The predicted molar refractivity (Wildman–Crippen MR) is 89.6 cm³/mol. The van der Waals surface area contributed by atoms with Crippen molar-refractivity contribution < 1.29 is 0 Å². The van der Waals surface area contributed by atoms with Crippen LogP contribution in [0.4, 0.5) is 5.82 Å². The van der Waals surface area contributed by atoms with Gasteiger partial charge in [0, 0.05) is 37.4 Å². The first-order chi connectivity index (χ1) is 10.2. The fraction of sp³-hybridized carbons (Fsp3) is 0.706. The Morgan fingerprint density at radius 2 is 2.29 bits per heavy atom. The van der Waals surface area contributed by atoms with Crippen molar-refractivity contribution in [3.05, 3.63) is 23.9 Å². The highest BCUT2D eigenvalue weighted by molar-refractivity contribution is 5.43. The maximum Gasteiger partial charge on any atom is 0.130 e. The molecule has 1 aromatic heterocycles. The molecule has 1 unspecified atom stereocenters. The average Bonchev–Trinajstić information content (AvgIpc) is 2.93. The summed E-state index contributed by atoms with van der Waals surface area (Å²) in [4.78, 5) is 9.53. The van der Waals surface area contributed by atoms with E-state index in [0.29, 0.717) is 0 Å². The number of nitrogens with one attached hydrogen (secondary N) is 1. The van der Waals surface area contributed by atoms with Crippen molar-refractivity contribution in [3.8, 4) is 0 Å². The van der Waals surface area contributed by atoms with Crippen molar-refractivity contribution in [1.29, 1.82) is 0 Å². The first kappa shape index (κ1) is 16.2. The summed E-state index contributed by atoms with van der Waals surface area (Å²) in [6.07, 6.45) is 5.69. The minimum Gasteiger partial charge on any atom is -0.370 e. The lowest BCUT2D eigenvalue weighted by atomic mass is 10.2. The number of hydrogen-bond acceptors (Lipinski definition) is 4. The van der Waals surface area contributed by atoms with Crippen molar-refractivity contribution >= 4 is 5.82 Å². The highest BCUT2D eigenvalue weighted by atomic mass is 15.2. The molecule has 0 spiro atoms. The van der Waals surface area contributed by atoms with E-state index in [-0.39, 0.29) is 0 Å². The number of anilines is 1. The van der Waals surface area contributed by atoms with Crippen LogP contribution in [0.25, 0.3) is 0 Å². The Kier molecular flexibility index (Phi) is 6.46. The molecule has 0 bridgehead atoms. The van der Waals surface area contributed by atoms with Crippen LogP contribution in [0.3, 0.4) is 0 Å². The standard InChI is InChI=1S/C17H30N4/c1-4-10-18-17-15(8-6-11-19-17)13-20(3)14-16-9-7-12-21(16)5-2/h6,8,11,16H,4-5,7,9-10,12-14H2,1-3H3,(H,18,19). The molecule has 0 radical (unpaired) electrons. The Labute approximate surface area is 129 Å². The second kappa shape index (κ2) is 8.35. The summed E-state index contributed by atoms with van der Waals surface area (Å²) in [6.45, 7) is 10.00. The van der Waals surface area contributed by atoms with E-state index in [9.17, 15) is 0 Å². The second-order valence-corrected chi connectivity index (χ2v) is 6.06. The van der Waals surface area contributed by atoms with Gasteiger partial charge >= 0.3 is 0 Å². The third-order valence-electron chi connectivity index (χ3n) is 4.30. The second-order valence-electron chi connectivity index (χ2n) is 6.06. The monoisotopic (exact) mass is 290 g/mol. The van der Waals surface area contributed by atoms with E-state index >= 15 is 0 Å². The molecule has 2 rings (SSSR count). The van der Waals surface area contributed by atoms with Crippen LogP contribution >= 0.6 is 0 Å². The molecule has 1 N–H and O–H groups in total. The van der Waals surface area contributed by atoms with Crippen LogP contribution in [0.1, 0.15) is 38.7 Å².